The van der Waals surface area contributed by atoms with Crippen LogP contribution in [0.3, 0.4) is 0 Å². The molecule has 0 bridgehead atoms. The monoisotopic (exact) mass is 257 g/mol. The van der Waals surface area contributed by atoms with E-state index in [9.17, 15) is 9.18 Å². The Morgan fingerprint density at radius 2 is 2.00 bits per heavy atom. The zero-order valence-corrected chi connectivity index (χ0v) is 10.1. The maximum Gasteiger partial charge on any atom is 0.150 e. The number of hydrogen-bond donors (Lipinski definition) is 0. The van der Waals surface area contributed by atoms with Crippen LogP contribution in [0.4, 0.5) is 4.39 Å². The van der Waals surface area contributed by atoms with Crippen molar-refractivity contribution >= 4 is 27.8 Å². The highest BCUT2D eigenvalue weighted by Gasteiger charge is 2.10. The highest BCUT2D eigenvalue weighted by Crippen LogP contribution is 2.31. The first-order valence-corrected chi connectivity index (χ1v) is 6.20. The number of benzene rings is 2. The van der Waals surface area contributed by atoms with Gasteiger partial charge in [0.25, 0.3) is 0 Å². The first-order chi connectivity index (χ1) is 8.78. The van der Waals surface area contributed by atoms with Crippen molar-refractivity contribution < 1.29 is 9.18 Å². The van der Waals surface area contributed by atoms with E-state index in [4.69, 9.17) is 0 Å². The molecule has 0 spiro atoms. The van der Waals surface area contributed by atoms with Crippen LogP contribution in [0.1, 0.15) is 10.4 Å². The Kier molecular flexibility index (Phi) is 2.64. The summed E-state index contributed by atoms with van der Waals surface area (Å²) in [4.78, 5) is 15.4. The molecule has 0 aliphatic heterocycles. The molecule has 1 aromatic heterocycles. The van der Waals surface area contributed by atoms with Gasteiger partial charge in [-0.15, -0.1) is 11.3 Å². The number of aldehydes is 1. The zero-order chi connectivity index (χ0) is 12.5. The molecule has 4 heteroatoms. The van der Waals surface area contributed by atoms with Gasteiger partial charge in [0, 0.05) is 11.1 Å². The van der Waals surface area contributed by atoms with Crippen LogP contribution in [-0.4, -0.2) is 11.3 Å². The average molecular weight is 257 g/mol. The molecule has 0 atom stereocenters. The van der Waals surface area contributed by atoms with E-state index in [2.05, 4.69) is 4.98 Å². The summed E-state index contributed by atoms with van der Waals surface area (Å²) in [5.41, 5.74) is 2.13. The molecular weight excluding hydrogens is 249 g/mol. The van der Waals surface area contributed by atoms with E-state index in [0.29, 0.717) is 5.56 Å². The lowest BCUT2D eigenvalue weighted by Gasteiger charge is -1.98. The zero-order valence-electron chi connectivity index (χ0n) is 9.26. The SMILES string of the molecule is O=Cc1ccccc1-c1nc2ccc(F)cc2s1. The lowest BCUT2D eigenvalue weighted by molar-refractivity contribution is 0.112. The molecule has 0 N–H and O–H groups in total. The molecule has 1 heterocycles. The van der Waals surface area contributed by atoms with Crippen molar-refractivity contribution in [2.45, 2.75) is 0 Å². The highest BCUT2D eigenvalue weighted by molar-refractivity contribution is 7.21. The Balaban J connectivity index is 2.22. The number of thiazole rings is 1. The summed E-state index contributed by atoms with van der Waals surface area (Å²) >= 11 is 1.38. The van der Waals surface area contributed by atoms with Crippen LogP contribution in [0.5, 0.6) is 0 Å². The quantitative estimate of drug-likeness (QED) is 0.651. The second-order valence-electron chi connectivity index (χ2n) is 3.84. The third kappa shape index (κ3) is 1.80. The standard InChI is InChI=1S/C14H8FNOS/c15-10-5-6-12-13(7-10)18-14(16-12)11-4-2-1-3-9(11)8-17/h1-8H. The molecule has 2 aromatic carbocycles. The summed E-state index contributed by atoms with van der Waals surface area (Å²) in [6, 6.07) is 11.7. The summed E-state index contributed by atoms with van der Waals surface area (Å²) in [5, 5.41) is 0.735. The third-order valence-corrected chi connectivity index (χ3v) is 3.72. The van der Waals surface area contributed by atoms with Gasteiger partial charge in [0.2, 0.25) is 0 Å². The molecule has 0 aliphatic rings. The number of carbonyl (C=O) groups excluding carboxylic acids is 1. The van der Waals surface area contributed by atoms with Crippen LogP contribution >= 0.6 is 11.3 Å². The molecule has 0 aliphatic carbocycles. The van der Waals surface area contributed by atoms with E-state index in [1.54, 1.807) is 18.2 Å². The summed E-state index contributed by atoms with van der Waals surface area (Å²) in [5.74, 6) is -0.277. The van der Waals surface area contributed by atoms with Crippen molar-refractivity contribution in [3.63, 3.8) is 0 Å². The van der Waals surface area contributed by atoms with Gasteiger partial charge >= 0.3 is 0 Å². The fraction of sp³-hybridized carbons (Fsp3) is 0. The Bertz CT molecular complexity index is 735. The van der Waals surface area contributed by atoms with Gasteiger partial charge in [-0.25, -0.2) is 9.37 Å². The van der Waals surface area contributed by atoms with E-state index >= 15 is 0 Å². The molecule has 88 valence electrons. The molecule has 0 saturated carbocycles. The van der Waals surface area contributed by atoms with Crippen LogP contribution < -0.4 is 0 Å². The van der Waals surface area contributed by atoms with Crippen molar-refractivity contribution in [3.05, 3.63) is 53.8 Å². The van der Waals surface area contributed by atoms with Gasteiger partial charge in [-0.1, -0.05) is 24.3 Å². The van der Waals surface area contributed by atoms with Gasteiger partial charge in [-0.2, -0.15) is 0 Å². The number of halogens is 1. The Morgan fingerprint density at radius 3 is 2.83 bits per heavy atom. The van der Waals surface area contributed by atoms with Gasteiger partial charge in [0.1, 0.15) is 10.8 Å². The number of hydrogen-bond acceptors (Lipinski definition) is 3. The minimum Gasteiger partial charge on any atom is -0.298 e. The normalized spacial score (nSPS) is 10.7. The van der Waals surface area contributed by atoms with E-state index in [0.717, 1.165) is 27.1 Å². The maximum absolute atomic E-state index is 13.1. The van der Waals surface area contributed by atoms with E-state index in [-0.39, 0.29) is 5.82 Å². The topological polar surface area (TPSA) is 30.0 Å². The number of carbonyl (C=O) groups is 1. The van der Waals surface area contributed by atoms with Crippen LogP contribution in [0, 0.1) is 5.82 Å². The highest BCUT2D eigenvalue weighted by atomic mass is 32.1. The number of fused-ring (bicyclic) bond motifs is 1. The third-order valence-electron chi connectivity index (χ3n) is 2.67. The van der Waals surface area contributed by atoms with Gasteiger partial charge in [0.15, 0.2) is 6.29 Å². The molecule has 2 nitrogen and oxygen atoms in total. The van der Waals surface area contributed by atoms with Crippen molar-refractivity contribution in [1.29, 1.82) is 0 Å². The minimum atomic E-state index is -0.277. The Hall–Kier alpha value is -2.07. The van der Waals surface area contributed by atoms with Crippen LogP contribution in [-0.2, 0) is 0 Å². The molecule has 0 radical (unpaired) electrons. The lowest BCUT2D eigenvalue weighted by atomic mass is 10.1. The molecule has 18 heavy (non-hydrogen) atoms. The van der Waals surface area contributed by atoms with Gasteiger partial charge < -0.3 is 0 Å². The summed E-state index contributed by atoms with van der Waals surface area (Å²) in [7, 11) is 0. The molecule has 3 aromatic rings. The van der Waals surface area contributed by atoms with E-state index < -0.39 is 0 Å². The van der Waals surface area contributed by atoms with Crippen molar-refractivity contribution in [1.82, 2.24) is 4.98 Å². The second kappa shape index (κ2) is 4.31. The van der Waals surface area contributed by atoms with Gasteiger partial charge in [-0.05, 0) is 18.2 Å². The summed E-state index contributed by atoms with van der Waals surface area (Å²) in [6.07, 6.45) is 0.808. The van der Waals surface area contributed by atoms with Crippen molar-refractivity contribution in [2.24, 2.45) is 0 Å². The van der Waals surface area contributed by atoms with Crippen LogP contribution in [0.25, 0.3) is 20.8 Å². The largest absolute Gasteiger partial charge is 0.298 e. The van der Waals surface area contributed by atoms with E-state index in [1.165, 1.54) is 23.5 Å². The summed E-state index contributed by atoms with van der Waals surface area (Å²) < 4.78 is 13.9. The van der Waals surface area contributed by atoms with Gasteiger partial charge in [-0.3, -0.25) is 4.79 Å². The molecule has 0 fully saturated rings. The number of nitrogens with zero attached hydrogens (tertiary/aromatic N) is 1. The Morgan fingerprint density at radius 1 is 1.17 bits per heavy atom. The van der Waals surface area contributed by atoms with Crippen molar-refractivity contribution in [2.75, 3.05) is 0 Å². The predicted octanol–water partition coefficient (Wildman–Crippen LogP) is 3.91. The van der Waals surface area contributed by atoms with E-state index in [1.807, 2.05) is 12.1 Å². The lowest BCUT2D eigenvalue weighted by Crippen LogP contribution is -1.85. The minimum absolute atomic E-state index is 0.277. The molecule has 3 rings (SSSR count). The molecule has 0 saturated heterocycles. The average Bonchev–Trinajstić information content (AvgIpc) is 2.81. The molecular formula is C14H8FNOS. The molecule has 0 unspecified atom stereocenters. The second-order valence-corrected chi connectivity index (χ2v) is 4.87. The Labute approximate surface area is 107 Å². The van der Waals surface area contributed by atoms with Gasteiger partial charge in [0.05, 0.1) is 10.2 Å². The summed E-state index contributed by atoms with van der Waals surface area (Å²) in [6.45, 7) is 0. The fourth-order valence-electron chi connectivity index (χ4n) is 1.81. The first-order valence-electron chi connectivity index (χ1n) is 5.38. The maximum atomic E-state index is 13.1. The van der Waals surface area contributed by atoms with Crippen LogP contribution in [0.2, 0.25) is 0 Å². The van der Waals surface area contributed by atoms with Crippen molar-refractivity contribution in [3.8, 4) is 10.6 Å². The predicted molar refractivity (Wildman–Crippen MR) is 70.4 cm³/mol. The van der Waals surface area contributed by atoms with Crippen LogP contribution in [0.15, 0.2) is 42.5 Å². The number of rotatable bonds is 2. The smallest absolute Gasteiger partial charge is 0.150 e. The number of aromatic nitrogens is 1. The fourth-order valence-corrected chi connectivity index (χ4v) is 2.85. The molecule has 0 amide bonds. The first kappa shape index (κ1) is 11.0.